The van der Waals surface area contributed by atoms with Gasteiger partial charge in [0.25, 0.3) is 5.91 Å². The number of hydrogen-bond acceptors (Lipinski definition) is 3. The molecule has 2 aromatic rings. The standard InChI is InChI=1S/C23H29N3O3/c1-3-16-26(17-21(27)25-20-13-8-7-10-18(20)2)22(28)14-9-15-24-23(29)19-11-5-4-6-12-19/h4-8,10-13H,3,9,14-17H2,1-2H3,(H,24,29)(H,25,27). The van der Waals surface area contributed by atoms with Crippen LogP contribution in [0.5, 0.6) is 0 Å². The van der Waals surface area contributed by atoms with Crippen LogP contribution in [0.15, 0.2) is 54.6 Å². The first-order valence-corrected chi connectivity index (χ1v) is 9.97. The van der Waals surface area contributed by atoms with Gasteiger partial charge in [0, 0.05) is 30.8 Å². The molecule has 154 valence electrons. The highest BCUT2D eigenvalue weighted by Crippen LogP contribution is 2.13. The molecule has 0 unspecified atom stereocenters. The molecule has 0 atom stereocenters. The molecule has 2 aromatic carbocycles. The van der Waals surface area contributed by atoms with E-state index in [0.717, 1.165) is 17.7 Å². The van der Waals surface area contributed by atoms with Gasteiger partial charge in [-0.3, -0.25) is 14.4 Å². The summed E-state index contributed by atoms with van der Waals surface area (Å²) < 4.78 is 0. The lowest BCUT2D eigenvalue weighted by Gasteiger charge is -2.22. The minimum Gasteiger partial charge on any atom is -0.352 e. The molecule has 2 N–H and O–H groups in total. The molecule has 6 heteroatoms. The second-order valence-electron chi connectivity index (χ2n) is 6.90. The van der Waals surface area contributed by atoms with E-state index < -0.39 is 0 Å². The van der Waals surface area contributed by atoms with Gasteiger partial charge in [0.2, 0.25) is 11.8 Å². The van der Waals surface area contributed by atoms with Crippen molar-refractivity contribution in [2.75, 3.05) is 25.0 Å². The third-order valence-corrected chi connectivity index (χ3v) is 4.49. The first-order chi connectivity index (χ1) is 14.0. The number of amides is 3. The Bertz CT molecular complexity index is 821. The molecule has 0 fully saturated rings. The van der Waals surface area contributed by atoms with Crippen molar-refractivity contribution < 1.29 is 14.4 Å². The second-order valence-corrected chi connectivity index (χ2v) is 6.90. The Morgan fingerprint density at radius 2 is 1.66 bits per heavy atom. The topological polar surface area (TPSA) is 78.5 Å². The predicted molar refractivity (Wildman–Crippen MR) is 115 cm³/mol. The summed E-state index contributed by atoms with van der Waals surface area (Å²) in [5.74, 6) is -0.444. The number of hydrogen-bond donors (Lipinski definition) is 2. The molecule has 0 radical (unpaired) electrons. The molecule has 6 nitrogen and oxygen atoms in total. The Hall–Kier alpha value is -3.15. The first kappa shape index (κ1) is 22.1. The highest BCUT2D eigenvalue weighted by Gasteiger charge is 2.17. The van der Waals surface area contributed by atoms with Crippen molar-refractivity contribution >= 4 is 23.4 Å². The van der Waals surface area contributed by atoms with E-state index in [-0.39, 0.29) is 30.7 Å². The molecule has 0 aliphatic rings. The average Bonchev–Trinajstić information content (AvgIpc) is 2.73. The summed E-state index contributed by atoms with van der Waals surface area (Å²) in [7, 11) is 0. The van der Waals surface area contributed by atoms with Crippen molar-refractivity contribution in [2.24, 2.45) is 0 Å². The molecular formula is C23H29N3O3. The molecule has 29 heavy (non-hydrogen) atoms. The van der Waals surface area contributed by atoms with E-state index in [4.69, 9.17) is 0 Å². The van der Waals surface area contributed by atoms with Crippen molar-refractivity contribution in [3.05, 3.63) is 65.7 Å². The van der Waals surface area contributed by atoms with Crippen LogP contribution in [-0.4, -0.2) is 42.3 Å². The zero-order valence-electron chi connectivity index (χ0n) is 17.1. The zero-order chi connectivity index (χ0) is 21.1. The van der Waals surface area contributed by atoms with Gasteiger partial charge >= 0.3 is 0 Å². The fraction of sp³-hybridized carbons (Fsp3) is 0.348. The Labute approximate surface area is 172 Å². The molecule has 2 rings (SSSR count). The average molecular weight is 396 g/mol. The van der Waals surface area contributed by atoms with Gasteiger partial charge in [0.05, 0.1) is 6.54 Å². The fourth-order valence-electron chi connectivity index (χ4n) is 2.93. The van der Waals surface area contributed by atoms with Crippen LogP contribution in [0.25, 0.3) is 0 Å². The fourth-order valence-corrected chi connectivity index (χ4v) is 2.93. The van der Waals surface area contributed by atoms with E-state index in [2.05, 4.69) is 10.6 Å². The number of anilines is 1. The van der Waals surface area contributed by atoms with Crippen molar-refractivity contribution in [3.63, 3.8) is 0 Å². The Morgan fingerprint density at radius 3 is 2.34 bits per heavy atom. The number of rotatable bonds is 10. The normalized spacial score (nSPS) is 10.3. The largest absolute Gasteiger partial charge is 0.352 e. The molecule has 3 amide bonds. The van der Waals surface area contributed by atoms with Gasteiger partial charge in [0.1, 0.15) is 0 Å². The van der Waals surface area contributed by atoms with Crippen molar-refractivity contribution in [1.29, 1.82) is 0 Å². The Balaban J connectivity index is 1.78. The van der Waals surface area contributed by atoms with E-state index >= 15 is 0 Å². The Kier molecular flexibility index (Phi) is 8.89. The summed E-state index contributed by atoms with van der Waals surface area (Å²) in [6.07, 6.45) is 1.58. The molecule has 0 bridgehead atoms. The van der Waals surface area contributed by atoms with Gasteiger partial charge in [-0.15, -0.1) is 0 Å². The van der Waals surface area contributed by atoms with E-state index in [1.165, 1.54) is 0 Å². The van der Waals surface area contributed by atoms with E-state index in [9.17, 15) is 14.4 Å². The molecular weight excluding hydrogens is 366 g/mol. The number of benzene rings is 2. The number of para-hydroxylation sites is 1. The van der Waals surface area contributed by atoms with E-state index in [1.54, 1.807) is 17.0 Å². The quantitative estimate of drug-likeness (QED) is 0.606. The summed E-state index contributed by atoms with van der Waals surface area (Å²) in [6, 6.07) is 16.5. The molecule has 0 saturated carbocycles. The van der Waals surface area contributed by atoms with Gasteiger partial charge in [-0.1, -0.05) is 43.3 Å². The van der Waals surface area contributed by atoms with Gasteiger partial charge in [-0.2, -0.15) is 0 Å². The van der Waals surface area contributed by atoms with Crippen LogP contribution in [0.2, 0.25) is 0 Å². The van der Waals surface area contributed by atoms with Crippen LogP contribution in [0, 0.1) is 6.92 Å². The summed E-state index contributed by atoms with van der Waals surface area (Å²) in [4.78, 5) is 38.5. The van der Waals surface area contributed by atoms with Crippen LogP contribution < -0.4 is 10.6 Å². The minimum atomic E-state index is -0.210. The summed E-state index contributed by atoms with van der Waals surface area (Å²) in [5, 5.41) is 5.68. The second kappa shape index (κ2) is 11.6. The summed E-state index contributed by atoms with van der Waals surface area (Å²) in [5.41, 5.74) is 2.33. The minimum absolute atomic E-state index is 0.0252. The molecule has 0 aliphatic heterocycles. The molecule has 0 saturated heterocycles. The molecule has 0 spiro atoms. The zero-order valence-corrected chi connectivity index (χ0v) is 17.1. The number of carbonyl (C=O) groups is 3. The lowest BCUT2D eigenvalue weighted by Crippen LogP contribution is -2.39. The maximum atomic E-state index is 12.5. The number of carbonyl (C=O) groups excluding carboxylic acids is 3. The van der Waals surface area contributed by atoms with Crippen LogP contribution in [0.1, 0.15) is 42.1 Å². The number of aryl methyl sites for hydroxylation is 1. The van der Waals surface area contributed by atoms with Crippen LogP contribution >= 0.6 is 0 Å². The lowest BCUT2D eigenvalue weighted by molar-refractivity contribution is -0.134. The van der Waals surface area contributed by atoms with Crippen LogP contribution in [0.3, 0.4) is 0 Å². The van der Waals surface area contributed by atoms with Crippen molar-refractivity contribution in [1.82, 2.24) is 10.2 Å². The smallest absolute Gasteiger partial charge is 0.251 e. The maximum Gasteiger partial charge on any atom is 0.251 e. The summed E-state index contributed by atoms with van der Waals surface area (Å²) >= 11 is 0. The predicted octanol–water partition coefficient (Wildman–Crippen LogP) is 3.38. The van der Waals surface area contributed by atoms with Gasteiger partial charge in [0.15, 0.2) is 0 Å². The number of nitrogens with zero attached hydrogens (tertiary/aromatic N) is 1. The third-order valence-electron chi connectivity index (χ3n) is 4.49. The first-order valence-electron chi connectivity index (χ1n) is 9.97. The van der Waals surface area contributed by atoms with Gasteiger partial charge in [-0.05, 0) is 43.5 Å². The SMILES string of the molecule is CCCN(CC(=O)Nc1ccccc1C)C(=O)CCCNC(=O)c1ccccc1. The number of nitrogens with one attached hydrogen (secondary N) is 2. The van der Waals surface area contributed by atoms with Gasteiger partial charge < -0.3 is 15.5 Å². The van der Waals surface area contributed by atoms with Crippen LogP contribution in [-0.2, 0) is 9.59 Å². The summed E-state index contributed by atoms with van der Waals surface area (Å²) in [6.45, 7) is 4.86. The third kappa shape index (κ3) is 7.41. The molecule has 0 aromatic heterocycles. The molecule has 0 heterocycles. The maximum absolute atomic E-state index is 12.5. The van der Waals surface area contributed by atoms with Gasteiger partial charge in [-0.25, -0.2) is 0 Å². The van der Waals surface area contributed by atoms with Crippen LogP contribution in [0.4, 0.5) is 5.69 Å². The van der Waals surface area contributed by atoms with Crippen molar-refractivity contribution in [3.8, 4) is 0 Å². The Morgan fingerprint density at radius 1 is 0.966 bits per heavy atom. The monoisotopic (exact) mass is 395 g/mol. The van der Waals surface area contributed by atoms with E-state index in [0.29, 0.717) is 25.1 Å². The molecule has 0 aliphatic carbocycles. The van der Waals surface area contributed by atoms with Crippen molar-refractivity contribution in [2.45, 2.75) is 33.1 Å². The lowest BCUT2D eigenvalue weighted by atomic mass is 10.2. The highest BCUT2D eigenvalue weighted by molar-refractivity contribution is 5.95. The van der Waals surface area contributed by atoms with E-state index in [1.807, 2.05) is 56.3 Å². The highest BCUT2D eigenvalue weighted by atomic mass is 16.2.